The van der Waals surface area contributed by atoms with Gasteiger partial charge in [-0.3, -0.25) is 9.59 Å². The van der Waals surface area contributed by atoms with Crippen LogP contribution in [-0.2, 0) is 16.1 Å². The SMILES string of the molecule is O=C(C=S1CC(=O)NC1=Nc1c(Cl)cccc1Cl)NCc1ccc(Cl)cc1. The van der Waals surface area contributed by atoms with Crippen LogP contribution in [0, 0.1) is 0 Å². The quantitative estimate of drug-likeness (QED) is 0.698. The molecule has 0 spiro atoms. The Morgan fingerprint density at radius 1 is 1.15 bits per heavy atom. The van der Waals surface area contributed by atoms with Gasteiger partial charge in [-0.25, -0.2) is 4.99 Å². The number of benzene rings is 2. The van der Waals surface area contributed by atoms with E-state index >= 15 is 0 Å². The normalized spacial score (nSPS) is 18.0. The molecule has 1 aliphatic rings. The molecule has 1 unspecified atom stereocenters. The van der Waals surface area contributed by atoms with Crippen molar-refractivity contribution in [2.75, 3.05) is 5.75 Å². The molecule has 1 heterocycles. The zero-order valence-electron chi connectivity index (χ0n) is 13.8. The Kier molecular flexibility index (Phi) is 6.55. The van der Waals surface area contributed by atoms with Gasteiger partial charge in [0.2, 0.25) is 11.8 Å². The monoisotopic (exact) mass is 441 g/mol. The molecule has 2 amide bonds. The van der Waals surface area contributed by atoms with Crippen molar-refractivity contribution >= 4 is 73.3 Å². The van der Waals surface area contributed by atoms with Crippen LogP contribution in [0.5, 0.6) is 0 Å². The molecular formula is C18H14Cl3N3O2S. The number of carbonyl (C=O) groups excluding carboxylic acids is 2. The third kappa shape index (κ3) is 5.32. The van der Waals surface area contributed by atoms with Gasteiger partial charge < -0.3 is 10.6 Å². The Balaban J connectivity index is 1.76. The highest BCUT2D eigenvalue weighted by molar-refractivity contribution is 8.29. The van der Waals surface area contributed by atoms with E-state index in [1.165, 1.54) is 5.37 Å². The number of nitrogens with zero attached hydrogens (tertiary/aromatic N) is 1. The minimum absolute atomic E-state index is 0.162. The number of para-hydroxylation sites is 1. The molecule has 3 rings (SSSR count). The fraction of sp³-hybridized carbons (Fsp3) is 0.111. The molecule has 0 aromatic heterocycles. The van der Waals surface area contributed by atoms with Crippen LogP contribution in [0.4, 0.5) is 5.69 Å². The Morgan fingerprint density at radius 2 is 1.81 bits per heavy atom. The number of aliphatic imine (C=N–C) groups is 1. The average Bonchev–Trinajstić information content (AvgIpc) is 2.97. The maximum Gasteiger partial charge on any atom is 0.250 e. The van der Waals surface area contributed by atoms with Crippen LogP contribution in [0.25, 0.3) is 0 Å². The predicted molar refractivity (Wildman–Crippen MR) is 114 cm³/mol. The number of halogens is 3. The standard InChI is InChI=1S/C18H14Cl3N3O2S/c19-12-6-4-11(5-7-12)8-22-15(25)9-27-10-16(26)23-18(27)24-17-13(20)2-1-3-14(17)21/h1-7,9H,8,10H2,(H,22,25)(H,23,24,26). The molecule has 0 saturated carbocycles. The lowest BCUT2D eigenvalue weighted by Gasteiger charge is -2.06. The first-order valence-electron chi connectivity index (χ1n) is 7.82. The van der Waals surface area contributed by atoms with Crippen LogP contribution in [0.15, 0.2) is 47.5 Å². The van der Waals surface area contributed by atoms with E-state index < -0.39 is 10.5 Å². The van der Waals surface area contributed by atoms with Gasteiger partial charge in [0.25, 0.3) is 0 Å². The number of amidine groups is 1. The number of nitrogens with one attached hydrogen (secondary N) is 2. The van der Waals surface area contributed by atoms with Crippen molar-refractivity contribution in [2.45, 2.75) is 6.54 Å². The molecule has 0 radical (unpaired) electrons. The van der Waals surface area contributed by atoms with Crippen molar-refractivity contribution < 1.29 is 9.59 Å². The molecule has 1 fully saturated rings. The zero-order chi connectivity index (χ0) is 19.4. The van der Waals surface area contributed by atoms with Gasteiger partial charge in [0.1, 0.15) is 5.69 Å². The lowest BCUT2D eigenvalue weighted by Crippen LogP contribution is -2.24. The Hall–Kier alpha value is -1.86. The van der Waals surface area contributed by atoms with Gasteiger partial charge >= 0.3 is 0 Å². The number of hydrogen-bond acceptors (Lipinski definition) is 3. The smallest absolute Gasteiger partial charge is 0.250 e. The fourth-order valence-electron chi connectivity index (χ4n) is 2.27. The lowest BCUT2D eigenvalue weighted by molar-refractivity contribution is -0.117. The van der Waals surface area contributed by atoms with Crippen LogP contribution in [0.1, 0.15) is 5.56 Å². The molecule has 1 aliphatic heterocycles. The second kappa shape index (κ2) is 8.89. The van der Waals surface area contributed by atoms with Crippen molar-refractivity contribution in [3.8, 4) is 0 Å². The minimum Gasteiger partial charge on any atom is -0.348 e. The van der Waals surface area contributed by atoms with Gasteiger partial charge in [-0.1, -0.05) is 53.0 Å². The van der Waals surface area contributed by atoms with Crippen molar-refractivity contribution in [3.63, 3.8) is 0 Å². The van der Waals surface area contributed by atoms with E-state index in [1.54, 1.807) is 30.3 Å². The molecule has 2 N–H and O–H groups in total. The first-order valence-corrected chi connectivity index (χ1v) is 10.4. The topological polar surface area (TPSA) is 70.6 Å². The summed E-state index contributed by atoms with van der Waals surface area (Å²) < 4.78 is 0. The summed E-state index contributed by atoms with van der Waals surface area (Å²) in [5.41, 5.74) is 1.28. The molecule has 0 bridgehead atoms. The summed E-state index contributed by atoms with van der Waals surface area (Å²) in [7, 11) is -0.790. The highest BCUT2D eigenvalue weighted by Gasteiger charge is 2.23. The second-order valence-corrected chi connectivity index (χ2v) is 8.59. The summed E-state index contributed by atoms with van der Waals surface area (Å²) in [5, 5.41) is 8.66. The molecular weight excluding hydrogens is 429 g/mol. The first-order chi connectivity index (χ1) is 12.9. The highest BCUT2D eigenvalue weighted by atomic mass is 35.5. The van der Waals surface area contributed by atoms with Gasteiger partial charge in [0.15, 0.2) is 5.17 Å². The molecule has 2 aromatic carbocycles. The number of amides is 2. The third-order valence-electron chi connectivity index (χ3n) is 3.56. The molecule has 140 valence electrons. The molecule has 1 atom stereocenters. The predicted octanol–water partition coefficient (Wildman–Crippen LogP) is 4.15. The van der Waals surface area contributed by atoms with Crippen molar-refractivity contribution in [1.29, 1.82) is 0 Å². The molecule has 1 saturated heterocycles. The summed E-state index contributed by atoms with van der Waals surface area (Å²) in [5.74, 6) is -0.334. The van der Waals surface area contributed by atoms with Crippen molar-refractivity contribution in [3.05, 3.63) is 63.1 Å². The zero-order valence-corrected chi connectivity index (χ0v) is 16.9. The molecule has 9 heteroatoms. The molecule has 5 nitrogen and oxygen atoms in total. The largest absolute Gasteiger partial charge is 0.348 e. The fourth-order valence-corrected chi connectivity index (χ4v) is 4.36. The van der Waals surface area contributed by atoms with Gasteiger partial charge in [0, 0.05) is 16.9 Å². The Bertz CT molecular complexity index is 939. The molecule has 0 aliphatic carbocycles. The van der Waals surface area contributed by atoms with E-state index in [-0.39, 0.29) is 17.6 Å². The van der Waals surface area contributed by atoms with Crippen LogP contribution in [0.2, 0.25) is 15.1 Å². The van der Waals surface area contributed by atoms with E-state index in [0.717, 1.165) is 5.56 Å². The molecule has 2 aromatic rings. The summed E-state index contributed by atoms with van der Waals surface area (Å²) >= 11 is 18.1. The maximum atomic E-state index is 12.2. The van der Waals surface area contributed by atoms with E-state index in [1.807, 2.05) is 12.1 Å². The summed E-state index contributed by atoms with van der Waals surface area (Å²) in [4.78, 5) is 28.4. The van der Waals surface area contributed by atoms with Crippen molar-refractivity contribution in [2.24, 2.45) is 4.99 Å². The van der Waals surface area contributed by atoms with Crippen LogP contribution in [-0.4, -0.2) is 28.1 Å². The van der Waals surface area contributed by atoms with Gasteiger partial charge in [-0.2, -0.15) is 0 Å². The third-order valence-corrected chi connectivity index (χ3v) is 6.19. The van der Waals surface area contributed by atoms with Crippen molar-refractivity contribution in [1.82, 2.24) is 10.6 Å². The van der Waals surface area contributed by atoms with Gasteiger partial charge in [-0.05, 0) is 29.8 Å². The summed E-state index contributed by atoms with van der Waals surface area (Å²) in [6.07, 6.45) is 0. The average molecular weight is 443 g/mol. The number of hydrogen-bond donors (Lipinski definition) is 2. The van der Waals surface area contributed by atoms with E-state index in [4.69, 9.17) is 34.8 Å². The van der Waals surface area contributed by atoms with E-state index in [9.17, 15) is 9.59 Å². The first kappa shape index (κ1) is 19.9. The lowest BCUT2D eigenvalue weighted by atomic mass is 10.2. The maximum absolute atomic E-state index is 12.2. The second-order valence-electron chi connectivity index (χ2n) is 5.57. The molecule has 27 heavy (non-hydrogen) atoms. The summed E-state index contributed by atoms with van der Waals surface area (Å²) in [6, 6.07) is 12.2. The minimum atomic E-state index is -0.790. The Morgan fingerprint density at radius 3 is 2.48 bits per heavy atom. The van der Waals surface area contributed by atoms with E-state index in [2.05, 4.69) is 15.6 Å². The number of carbonyl (C=O) groups is 2. The van der Waals surface area contributed by atoms with Crippen LogP contribution in [0.3, 0.4) is 0 Å². The van der Waals surface area contributed by atoms with Gasteiger partial charge in [0.05, 0.1) is 15.8 Å². The summed E-state index contributed by atoms with van der Waals surface area (Å²) in [6.45, 7) is 0.355. The number of rotatable bonds is 4. The van der Waals surface area contributed by atoms with Crippen LogP contribution >= 0.6 is 45.3 Å². The van der Waals surface area contributed by atoms with Crippen LogP contribution < -0.4 is 10.6 Å². The highest BCUT2D eigenvalue weighted by Crippen LogP contribution is 2.34. The van der Waals surface area contributed by atoms with Gasteiger partial charge in [-0.15, -0.1) is 10.5 Å². The Labute approximate surface area is 173 Å². The van der Waals surface area contributed by atoms with E-state index in [0.29, 0.717) is 32.5 Å².